The number of carbonyl (C=O) groups excluding carboxylic acids is 1. The van der Waals surface area contributed by atoms with Crippen LogP contribution in [0.2, 0.25) is 0 Å². The second-order valence-electron chi connectivity index (χ2n) is 8.14. The Morgan fingerprint density at radius 3 is 2.70 bits per heavy atom. The van der Waals surface area contributed by atoms with Gasteiger partial charge in [0.1, 0.15) is 18.2 Å². The Kier molecular flexibility index (Phi) is 7.08. The van der Waals surface area contributed by atoms with Gasteiger partial charge in [-0.2, -0.15) is 0 Å². The quantitative estimate of drug-likeness (QED) is 0.431. The van der Waals surface area contributed by atoms with Gasteiger partial charge in [-0.25, -0.2) is 8.78 Å². The van der Waals surface area contributed by atoms with Crippen molar-refractivity contribution in [3.8, 4) is 5.75 Å². The number of amides is 1. The molecule has 0 aromatic heterocycles. The van der Waals surface area contributed by atoms with E-state index in [0.29, 0.717) is 42.2 Å². The largest absolute Gasteiger partial charge is 0.490 e. The molecular formula is C26H28F2N2O3. The number of benzene rings is 2. The SMILES string of the molecule is CCN(CC)CCCOc1ccc(CC2=C/C(=C3\C(=O)Nc4cc(F)ccc43)OC2)cc1F. The number of rotatable bonds is 9. The normalized spacial score (nSPS) is 17.1. The van der Waals surface area contributed by atoms with Gasteiger partial charge in [0.15, 0.2) is 11.6 Å². The van der Waals surface area contributed by atoms with Gasteiger partial charge >= 0.3 is 0 Å². The standard InChI is InChI=1S/C26H28F2N2O3/c1-3-30(4-2)10-5-11-32-23-9-6-17(13-21(23)28)12-18-14-24(33-16-18)25-20-8-7-19(27)15-22(20)29-26(25)31/h6-9,13-15H,3-5,10-12,16H2,1-2H3,(H,29,31)/b25-24+. The number of hydrogen-bond acceptors (Lipinski definition) is 4. The Labute approximate surface area is 192 Å². The maximum Gasteiger partial charge on any atom is 0.260 e. The van der Waals surface area contributed by atoms with E-state index in [9.17, 15) is 13.6 Å². The highest BCUT2D eigenvalue weighted by Gasteiger charge is 2.30. The molecule has 33 heavy (non-hydrogen) atoms. The number of nitrogens with zero attached hydrogens (tertiary/aromatic N) is 1. The summed E-state index contributed by atoms with van der Waals surface area (Å²) in [6.07, 6.45) is 3.14. The molecule has 4 rings (SSSR count). The Morgan fingerprint density at radius 1 is 1.12 bits per heavy atom. The van der Waals surface area contributed by atoms with E-state index in [1.807, 2.05) is 12.1 Å². The zero-order chi connectivity index (χ0) is 23.4. The average molecular weight is 455 g/mol. The van der Waals surface area contributed by atoms with Gasteiger partial charge in [0, 0.05) is 12.1 Å². The molecule has 7 heteroatoms. The number of halogens is 2. The van der Waals surface area contributed by atoms with Gasteiger partial charge in [-0.1, -0.05) is 19.9 Å². The summed E-state index contributed by atoms with van der Waals surface area (Å²) >= 11 is 0. The van der Waals surface area contributed by atoms with Crippen LogP contribution in [0.4, 0.5) is 14.5 Å². The van der Waals surface area contributed by atoms with Crippen LogP contribution in [0.25, 0.3) is 5.57 Å². The summed E-state index contributed by atoms with van der Waals surface area (Å²) in [5.41, 5.74) is 3.15. The van der Waals surface area contributed by atoms with Gasteiger partial charge < -0.3 is 19.7 Å². The molecule has 174 valence electrons. The van der Waals surface area contributed by atoms with E-state index in [-0.39, 0.29) is 17.5 Å². The van der Waals surface area contributed by atoms with E-state index in [4.69, 9.17) is 9.47 Å². The molecule has 1 N–H and O–H groups in total. The van der Waals surface area contributed by atoms with Crippen LogP contribution < -0.4 is 10.1 Å². The zero-order valence-corrected chi connectivity index (χ0v) is 18.9. The van der Waals surface area contributed by atoms with Crippen LogP contribution in [-0.2, 0) is 16.0 Å². The Balaban J connectivity index is 1.40. The third kappa shape index (κ3) is 5.25. The summed E-state index contributed by atoms with van der Waals surface area (Å²) < 4.78 is 39.4. The molecule has 2 heterocycles. The maximum atomic E-state index is 14.5. The van der Waals surface area contributed by atoms with Crippen molar-refractivity contribution in [3.63, 3.8) is 0 Å². The monoisotopic (exact) mass is 454 g/mol. The Morgan fingerprint density at radius 2 is 1.94 bits per heavy atom. The minimum Gasteiger partial charge on any atom is -0.490 e. The average Bonchev–Trinajstić information content (AvgIpc) is 3.37. The van der Waals surface area contributed by atoms with Crippen molar-refractivity contribution in [2.75, 3.05) is 38.2 Å². The molecule has 2 aliphatic rings. The van der Waals surface area contributed by atoms with Gasteiger partial charge in [0.05, 0.1) is 17.9 Å². The number of carbonyl (C=O) groups is 1. The van der Waals surface area contributed by atoms with Crippen LogP contribution in [0.15, 0.2) is 53.8 Å². The number of ether oxygens (including phenoxy) is 2. The van der Waals surface area contributed by atoms with Crippen molar-refractivity contribution < 1.29 is 23.0 Å². The number of hydrogen-bond donors (Lipinski definition) is 1. The van der Waals surface area contributed by atoms with E-state index in [2.05, 4.69) is 24.1 Å². The van der Waals surface area contributed by atoms with Gasteiger partial charge in [-0.3, -0.25) is 4.79 Å². The highest BCUT2D eigenvalue weighted by molar-refractivity contribution is 6.32. The summed E-state index contributed by atoms with van der Waals surface area (Å²) in [6.45, 7) is 7.94. The molecule has 0 saturated carbocycles. The number of anilines is 1. The van der Waals surface area contributed by atoms with E-state index >= 15 is 0 Å². The molecule has 0 atom stereocenters. The third-order valence-corrected chi connectivity index (χ3v) is 5.92. The first-order valence-corrected chi connectivity index (χ1v) is 11.3. The molecule has 0 saturated heterocycles. The van der Waals surface area contributed by atoms with Crippen LogP contribution in [0.3, 0.4) is 0 Å². The topological polar surface area (TPSA) is 50.8 Å². The van der Waals surface area contributed by atoms with E-state index < -0.39 is 5.82 Å². The van der Waals surface area contributed by atoms with E-state index in [1.165, 1.54) is 18.2 Å². The lowest BCUT2D eigenvalue weighted by Crippen LogP contribution is -2.25. The third-order valence-electron chi connectivity index (χ3n) is 5.92. The lowest BCUT2D eigenvalue weighted by molar-refractivity contribution is -0.110. The van der Waals surface area contributed by atoms with Crippen LogP contribution in [0.5, 0.6) is 5.75 Å². The molecule has 2 aromatic rings. The fourth-order valence-corrected chi connectivity index (χ4v) is 4.12. The van der Waals surface area contributed by atoms with Crippen molar-refractivity contribution in [1.82, 2.24) is 4.90 Å². The summed E-state index contributed by atoms with van der Waals surface area (Å²) in [6, 6.07) is 9.15. The highest BCUT2D eigenvalue weighted by Crippen LogP contribution is 2.37. The minimum atomic E-state index is -0.415. The van der Waals surface area contributed by atoms with Crippen molar-refractivity contribution in [1.29, 1.82) is 0 Å². The Hall–Kier alpha value is -3.19. The highest BCUT2D eigenvalue weighted by atomic mass is 19.1. The fourth-order valence-electron chi connectivity index (χ4n) is 4.12. The summed E-state index contributed by atoms with van der Waals surface area (Å²) in [5, 5.41) is 2.66. The van der Waals surface area contributed by atoms with Gasteiger partial charge in [0.25, 0.3) is 5.91 Å². The number of fused-ring (bicyclic) bond motifs is 1. The lowest BCUT2D eigenvalue weighted by atomic mass is 10.0. The summed E-state index contributed by atoms with van der Waals surface area (Å²) in [5.74, 6) is -0.427. The van der Waals surface area contributed by atoms with Crippen LogP contribution >= 0.6 is 0 Å². The molecule has 2 aliphatic heterocycles. The number of allylic oxidation sites excluding steroid dienone is 1. The van der Waals surface area contributed by atoms with Crippen LogP contribution in [-0.4, -0.2) is 43.7 Å². The molecule has 0 spiro atoms. The molecular weight excluding hydrogens is 426 g/mol. The summed E-state index contributed by atoms with van der Waals surface area (Å²) in [7, 11) is 0. The summed E-state index contributed by atoms with van der Waals surface area (Å²) in [4.78, 5) is 14.7. The molecule has 5 nitrogen and oxygen atoms in total. The lowest BCUT2D eigenvalue weighted by Gasteiger charge is -2.17. The van der Waals surface area contributed by atoms with E-state index in [1.54, 1.807) is 12.1 Å². The molecule has 0 unspecified atom stereocenters. The first-order chi connectivity index (χ1) is 16.0. The van der Waals surface area contributed by atoms with E-state index in [0.717, 1.165) is 37.2 Å². The maximum absolute atomic E-state index is 14.5. The van der Waals surface area contributed by atoms with Crippen molar-refractivity contribution in [2.45, 2.75) is 26.7 Å². The Bertz CT molecular complexity index is 1110. The predicted octanol–water partition coefficient (Wildman–Crippen LogP) is 4.94. The number of nitrogens with one attached hydrogen (secondary N) is 1. The zero-order valence-electron chi connectivity index (χ0n) is 18.9. The smallest absolute Gasteiger partial charge is 0.260 e. The molecule has 0 radical (unpaired) electrons. The van der Waals surface area contributed by atoms with Gasteiger partial charge in [-0.15, -0.1) is 0 Å². The molecule has 0 aliphatic carbocycles. The molecule has 1 amide bonds. The van der Waals surface area contributed by atoms with Crippen molar-refractivity contribution in [2.24, 2.45) is 0 Å². The van der Waals surface area contributed by atoms with Crippen molar-refractivity contribution >= 4 is 17.2 Å². The first kappa shape index (κ1) is 23.0. The van der Waals surface area contributed by atoms with Gasteiger partial charge in [0.2, 0.25) is 0 Å². The molecule has 0 bridgehead atoms. The fraction of sp³-hybridized carbons (Fsp3) is 0.346. The molecule has 2 aromatic carbocycles. The van der Waals surface area contributed by atoms with Gasteiger partial charge in [-0.05, 0) is 73.5 Å². The second-order valence-corrected chi connectivity index (χ2v) is 8.14. The predicted molar refractivity (Wildman–Crippen MR) is 124 cm³/mol. The molecule has 0 fully saturated rings. The first-order valence-electron chi connectivity index (χ1n) is 11.3. The van der Waals surface area contributed by atoms with Crippen molar-refractivity contribution in [3.05, 3.63) is 76.6 Å². The second kappa shape index (κ2) is 10.2. The minimum absolute atomic E-state index is 0.254. The van der Waals surface area contributed by atoms with Crippen LogP contribution in [0.1, 0.15) is 31.4 Å². The van der Waals surface area contributed by atoms with Crippen LogP contribution in [0, 0.1) is 11.6 Å².